The van der Waals surface area contributed by atoms with Crippen LogP contribution < -0.4 is 0 Å². The van der Waals surface area contributed by atoms with Crippen molar-refractivity contribution in [1.29, 1.82) is 0 Å². The van der Waals surface area contributed by atoms with Gasteiger partial charge in [0.05, 0.1) is 22.1 Å². The van der Waals surface area contributed by atoms with Gasteiger partial charge in [0, 0.05) is 27.2 Å². The topological polar surface area (TPSA) is 28.5 Å². The molecule has 0 N–H and O–H groups in total. The highest BCUT2D eigenvalue weighted by atomic mass is 32.1. The molecule has 3 nitrogen and oxygen atoms in total. The van der Waals surface area contributed by atoms with Crippen LogP contribution >= 0.6 is 11.3 Å². The third-order valence-electron chi connectivity index (χ3n) is 12.0. The molecule has 5 aliphatic rings. The van der Waals surface area contributed by atoms with Crippen molar-refractivity contribution in [3.8, 4) is 0 Å². The first-order valence-corrected chi connectivity index (χ1v) is 19.1. The van der Waals surface area contributed by atoms with Crippen LogP contribution in [-0.2, 0) is 6.42 Å². The second-order valence-electron chi connectivity index (χ2n) is 15.3. The van der Waals surface area contributed by atoms with Gasteiger partial charge in [0.15, 0.2) is 0 Å². The van der Waals surface area contributed by atoms with Crippen LogP contribution in [0, 0.1) is 11.8 Å². The second-order valence-corrected chi connectivity index (χ2v) is 16.3. The Morgan fingerprint density at radius 3 is 2.49 bits per heavy atom. The van der Waals surface area contributed by atoms with Gasteiger partial charge in [0.25, 0.3) is 0 Å². The van der Waals surface area contributed by atoms with E-state index in [0.29, 0.717) is 11.8 Å². The van der Waals surface area contributed by atoms with Gasteiger partial charge in [-0.3, -0.25) is 9.98 Å². The Hall–Kier alpha value is -5.32. The van der Waals surface area contributed by atoms with Crippen LogP contribution in [0.4, 0.5) is 0 Å². The lowest BCUT2D eigenvalue weighted by molar-refractivity contribution is 0.375. The van der Waals surface area contributed by atoms with Gasteiger partial charge < -0.3 is 4.90 Å². The molecule has 4 unspecified atom stereocenters. The van der Waals surface area contributed by atoms with Gasteiger partial charge in [-0.15, -0.1) is 11.3 Å². The smallest absolute Gasteiger partial charge is 0.147 e. The van der Waals surface area contributed by atoms with Crippen LogP contribution in [0.15, 0.2) is 138 Å². The van der Waals surface area contributed by atoms with E-state index >= 15 is 0 Å². The van der Waals surface area contributed by atoms with Crippen molar-refractivity contribution < 1.29 is 0 Å². The molecule has 246 valence electrons. The Balaban J connectivity index is 1.08. The quantitative estimate of drug-likeness (QED) is 0.183. The van der Waals surface area contributed by atoms with Crippen LogP contribution in [0.1, 0.15) is 59.9 Å². The molecule has 11 rings (SSSR count). The van der Waals surface area contributed by atoms with Crippen molar-refractivity contribution in [1.82, 2.24) is 9.88 Å². The number of amidine groups is 1. The van der Waals surface area contributed by atoms with Gasteiger partial charge >= 0.3 is 0 Å². The predicted octanol–water partition coefficient (Wildman–Crippen LogP) is 11.4. The largest absolute Gasteiger partial charge is 0.315 e. The number of benzene rings is 4. The fourth-order valence-corrected chi connectivity index (χ4v) is 10.8. The van der Waals surface area contributed by atoms with Gasteiger partial charge in [0.2, 0.25) is 0 Å². The zero-order valence-corrected chi connectivity index (χ0v) is 29.8. The molecule has 2 aromatic heterocycles. The molecular weight excluding hydrogens is 639 g/mol. The monoisotopic (exact) mass is 675 g/mol. The summed E-state index contributed by atoms with van der Waals surface area (Å²) in [5, 5.41) is 5.13. The number of nitrogens with zero attached hydrogens (tertiary/aromatic N) is 3. The SMILES string of the molecule is CC1C=CC2=C(C1)C1(C)N=C3c4sc5c(ccc6ccccc65)c4C=C(c4ccc(C5=CC(C)Cc6c5ccc5cccnc65)cc4)N3C1C=C2. The number of aromatic nitrogens is 1. The second kappa shape index (κ2) is 10.6. The summed E-state index contributed by atoms with van der Waals surface area (Å²) in [6, 6.07) is 31.6. The first-order valence-electron chi connectivity index (χ1n) is 18.3. The third kappa shape index (κ3) is 4.17. The highest BCUT2D eigenvalue weighted by Crippen LogP contribution is 2.52. The summed E-state index contributed by atoms with van der Waals surface area (Å²) in [6.45, 7) is 7.03. The lowest BCUT2D eigenvalue weighted by atomic mass is 9.72. The van der Waals surface area contributed by atoms with Crippen molar-refractivity contribution >= 4 is 66.3 Å². The Morgan fingerprint density at radius 2 is 1.59 bits per heavy atom. The van der Waals surface area contributed by atoms with Crippen LogP contribution in [-0.4, -0.2) is 27.3 Å². The summed E-state index contributed by atoms with van der Waals surface area (Å²) in [5.74, 6) is 2.06. The summed E-state index contributed by atoms with van der Waals surface area (Å²) in [4.78, 5) is 14.4. The summed E-state index contributed by atoms with van der Waals surface area (Å²) < 4.78 is 1.34. The lowest BCUT2D eigenvalue weighted by Crippen LogP contribution is -2.47. The fraction of sp³-hybridized carbons (Fsp3) is 0.191. The molecule has 4 aromatic carbocycles. The van der Waals surface area contributed by atoms with E-state index in [1.807, 2.05) is 23.6 Å². The summed E-state index contributed by atoms with van der Waals surface area (Å²) in [7, 11) is 0. The van der Waals surface area contributed by atoms with Gasteiger partial charge in [-0.05, 0) is 93.5 Å². The maximum Gasteiger partial charge on any atom is 0.147 e. The molecule has 0 saturated carbocycles. The highest BCUT2D eigenvalue weighted by molar-refractivity contribution is 7.22. The maximum atomic E-state index is 5.78. The Bertz CT molecular complexity index is 2700. The van der Waals surface area contributed by atoms with Crippen molar-refractivity contribution in [3.63, 3.8) is 0 Å². The Kier molecular flexibility index (Phi) is 6.11. The van der Waals surface area contributed by atoms with Crippen LogP contribution in [0.5, 0.6) is 0 Å². The number of fused-ring (bicyclic) bond motifs is 13. The van der Waals surface area contributed by atoms with Crippen molar-refractivity contribution in [2.75, 3.05) is 0 Å². The maximum absolute atomic E-state index is 5.78. The van der Waals surface area contributed by atoms with Crippen LogP contribution in [0.3, 0.4) is 0 Å². The minimum atomic E-state index is -0.332. The molecular formula is C47H37N3S. The minimum absolute atomic E-state index is 0.112. The standard InChI is InChI=1S/C47H37N3S/c1-27-10-11-31-18-21-42-47(3,40(31)25-27)49-46-45-39(36-20-16-29-7-4-5-9-34(29)44(36)51-45)26-41(50(42)46)32-14-12-30(13-15-32)37-23-28(2)24-38-35(37)19-17-33-8-6-22-48-43(33)38/h4-23,26-28,42H,24-25H2,1-3H3. The molecule has 4 atom stereocenters. The van der Waals surface area contributed by atoms with Crippen molar-refractivity contribution in [3.05, 3.63) is 165 Å². The van der Waals surface area contributed by atoms with E-state index in [0.717, 1.165) is 24.2 Å². The molecule has 0 amide bonds. The van der Waals surface area contributed by atoms with E-state index in [-0.39, 0.29) is 11.6 Å². The van der Waals surface area contributed by atoms with E-state index in [9.17, 15) is 0 Å². The molecule has 51 heavy (non-hydrogen) atoms. The average molecular weight is 676 g/mol. The van der Waals surface area contributed by atoms with Crippen LogP contribution in [0.25, 0.3) is 49.1 Å². The first-order chi connectivity index (χ1) is 24.9. The number of rotatable bonds is 2. The van der Waals surface area contributed by atoms with Crippen LogP contribution in [0.2, 0.25) is 0 Å². The molecule has 0 spiro atoms. The number of allylic oxidation sites excluding steroid dienone is 5. The lowest BCUT2D eigenvalue weighted by Gasteiger charge is -2.41. The number of hydrogen-bond acceptors (Lipinski definition) is 4. The average Bonchev–Trinajstić information content (AvgIpc) is 3.70. The number of pyridine rings is 1. The van der Waals surface area contributed by atoms with Gasteiger partial charge in [-0.2, -0.15) is 0 Å². The van der Waals surface area contributed by atoms with E-state index in [1.54, 1.807) is 0 Å². The molecule has 4 heterocycles. The predicted molar refractivity (Wildman–Crippen MR) is 215 cm³/mol. The van der Waals surface area contributed by atoms with Crippen molar-refractivity contribution in [2.45, 2.75) is 45.2 Å². The third-order valence-corrected chi connectivity index (χ3v) is 13.2. The summed E-state index contributed by atoms with van der Waals surface area (Å²) in [5.41, 5.74) is 12.6. The molecule has 0 saturated heterocycles. The van der Waals surface area contributed by atoms with E-state index in [4.69, 9.17) is 9.98 Å². The fourth-order valence-electron chi connectivity index (χ4n) is 9.47. The Morgan fingerprint density at radius 1 is 0.784 bits per heavy atom. The highest BCUT2D eigenvalue weighted by Gasteiger charge is 2.52. The normalized spacial score (nSPS) is 24.6. The molecule has 0 radical (unpaired) electrons. The van der Waals surface area contributed by atoms with E-state index in [1.165, 1.54) is 81.4 Å². The number of thiophene rings is 1. The first kappa shape index (κ1) is 29.4. The molecule has 4 heteroatoms. The minimum Gasteiger partial charge on any atom is -0.315 e. The van der Waals surface area contributed by atoms with E-state index in [2.05, 4.69) is 141 Å². The molecule has 0 fully saturated rings. The summed E-state index contributed by atoms with van der Waals surface area (Å²) in [6.07, 6.45) is 18.3. The molecule has 2 aliphatic heterocycles. The zero-order valence-electron chi connectivity index (χ0n) is 29.0. The van der Waals surface area contributed by atoms with Crippen molar-refractivity contribution in [2.24, 2.45) is 16.8 Å². The number of aliphatic imine (C=N–C) groups is 1. The van der Waals surface area contributed by atoms with Gasteiger partial charge in [0.1, 0.15) is 11.4 Å². The van der Waals surface area contributed by atoms with E-state index < -0.39 is 0 Å². The Labute approximate surface area is 302 Å². The summed E-state index contributed by atoms with van der Waals surface area (Å²) >= 11 is 1.91. The molecule has 6 aromatic rings. The number of hydrogen-bond donors (Lipinski definition) is 0. The van der Waals surface area contributed by atoms with Gasteiger partial charge in [-0.1, -0.05) is 123 Å². The van der Waals surface area contributed by atoms with Gasteiger partial charge in [-0.25, -0.2) is 0 Å². The molecule has 3 aliphatic carbocycles. The molecule has 0 bridgehead atoms. The zero-order chi connectivity index (χ0) is 34.0.